The van der Waals surface area contributed by atoms with Gasteiger partial charge in [-0.25, -0.2) is 4.79 Å². The second-order valence-electron chi connectivity index (χ2n) is 6.01. The molecule has 1 N–H and O–H groups in total. The van der Waals surface area contributed by atoms with E-state index in [-0.39, 0.29) is 11.9 Å². The molecule has 1 unspecified atom stereocenters. The van der Waals surface area contributed by atoms with Crippen LogP contribution in [0.25, 0.3) is 0 Å². The van der Waals surface area contributed by atoms with Gasteiger partial charge in [0.2, 0.25) is 0 Å². The fraction of sp³-hybridized carbons (Fsp3) is 0.857. The molecule has 1 fully saturated rings. The molecular formula is C14H26N2O3S. The average Bonchev–Trinajstić information content (AvgIpc) is 2.43. The largest absolute Gasteiger partial charge is 0.481 e. The van der Waals surface area contributed by atoms with Crippen molar-refractivity contribution in [3.05, 3.63) is 0 Å². The summed E-state index contributed by atoms with van der Waals surface area (Å²) in [5.41, 5.74) is -0.781. The normalized spacial score (nSPS) is 19.8. The Morgan fingerprint density at radius 3 is 2.65 bits per heavy atom. The van der Waals surface area contributed by atoms with Crippen molar-refractivity contribution in [2.45, 2.75) is 26.7 Å². The standard InChI is InChI=1S/C14H26N2O3S/c1-14(2,12(17)18)11-6-5-7-16(10-11)13(19)15(3)8-9-20-4/h11H,5-10H2,1-4H3,(H,17,18). The van der Waals surface area contributed by atoms with Crippen LogP contribution in [0.15, 0.2) is 0 Å². The van der Waals surface area contributed by atoms with Gasteiger partial charge in [0.05, 0.1) is 5.41 Å². The van der Waals surface area contributed by atoms with Gasteiger partial charge in [-0.15, -0.1) is 0 Å². The molecule has 6 heteroatoms. The number of amides is 2. The number of likely N-dealkylation sites (tertiary alicyclic amines) is 1. The van der Waals surface area contributed by atoms with Crippen LogP contribution >= 0.6 is 11.8 Å². The number of piperidine rings is 1. The molecule has 1 atom stereocenters. The van der Waals surface area contributed by atoms with Gasteiger partial charge >= 0.3 is 12.0 Å². The smallest absolute Gasteiger partial charge is 0.319 e. The summed E-state index contributed by atoms with van der Waals surface area (Å²) in [5, 5.41) is 9.33. The average molecular weight is 302 g/mol. The molecule has 1 rings (SSSR count). The number of carbonyl (C=O) groups excluding carboxylic acids is 1. The molecule has 1 saturated heterocycles. The number of nitrogens with zero attached hydrogens (tertiary/aromatic N) is 2. The number of urea groups is 1. The van der Waals surface area contributed by atoms with E-state index >= 15 is 0 Å². The van der Waals surface area contributed by atoms with E-state index in [1.54, 1.807) is 35.4 Å². The third-order valence-corrected chi connectivity index (χ3v) is 4.81. The first-order valence-electron chi connectivity index (χ1n) is 7.03. The molecule has 2 amide bonds. The number of rotatable bonds is 5. The topological polar surface area (TPSA) is 60.9 Å². The van der Waals surface area contributed by atoms with Crippen LogP contribution < -0.4 is 0 Å². The summed E-state index contributed by atoms with van der Waals surface area (Å²) in [7, 11) is 1.81. The van der Waals surface area contributed by atoms with Crippen molar-refractivity contribution in [2.24, 2.45) is 11.3 Å². The lowest BCUT2D eigenvalue weighted by molar-refractivity contribution is -0.151. The predicted molar refractivity (Wildman–Crippen MR) is 82.1 cm³/mol. The van der Waals surface area contributed by atoms with Crippen LogP contribution in [0.1, 0.15) is 26.7 Å². The Morgan fingerprint density at radius 1 is 1.45 bits per heavy atom. The third-order valence-electron chi connectivity index (χ3n) is 4.22. The molecule has 0 aromatic heterocycles. The van der Waals surface area contributed by atoms with E-state index in [9.17, 15) is 14.7 Å². The maximum Gasteiger partial charge on any atom is 0.319 e. The van der Waals surface area contributed by atoms with Gasteiger partial charge in [0.15, 0.2) is 0 Å². The van der Waals surface area contributed by atoms with Gasteiger partial charge < -0.3 is 14.9 Å². The maximum atomic E-state index is 12.3. The predicted octanol–water partition coefficient (Wildman–Crippen LogP) is 2.22. The van der Waals surface area contributed by atoms with E-state index in [1.807, 2.05) is 13.3 Å². The number of carboxylic acid groups (broad SMARTS) is 1. The van der Waals surface area contributed by atoms with Crippen molar-refractivity contribution in [3.63, 3.8) is 0 Å². The number of carboxylic acids is 1. The summed E-state index contributed by atoms with van der Waals surface area (Å²) in [6.45, 7) is 5.51. The van der Waals surface area contributed by atoms with E-state index in [0.29, 0.717) is 6.54 Å². The quantitative estimate of drug-likeness (QED) is 0.846. The molecule has 0 saturated carbocycles. The minimum absolute atomic E-state index is 0.0185. The molecule has 0 spiro atoms. The van der Waals surface area contributed by atoms with Crippen LogP contribution in [0.4, 0.5) is 4.79 Å². The Kier molecular flexibility index (Phi) is 6.17. The number of thioether (sulfide) groups is 1. The summed E-state index contributed by atoms with van der Waals surface area (Å²) in [6.07, 6.45) is 3.77. The van der Waals surface area contributed by atoms with Crippen molar-refractivity contribution < 1.29 is 14.7 Å². The number of hydrogen-bond acceptors (Lipinski definition) is 3. The van der Waals surface area contributed by atoms with Crippen LogP contribution in [0.5, 0.6) is 0 Å². The zero-order valence-corrected chi connectivity index (χ0v) is 13.7. The van der Waals surface area contributed by atoms with E-state index in [2.05, 4.69) is 0 Å². The Bertz CT molecular complexity index is 360. The molecule has 20 heavy (non-hydrogen) atoms. The lowest BCUT2D eigenvalue weighted by atomic mass is 9.74. The monoisotopic (exact) mass is 302 g/mol. The first kappa shape index (κ1) is 17.1. The van der Waals surface area contributed by atoms with Crippen molar-refractivity contribution in [2.75, 3.05) is 38.7 Å². The molecular weight excluding hydrogens is 276 g/mol. The Hall–Kier alpha value is -0.910. The minimum Gasteiger partial charge on any atom is -0.481 e. The van der Waals surface area contributed by atoms with Crippen molar-refractivity contribution in [3.8, 4) is 0 Å². The minimum atomic E-state index is -0.785. The van der Waals surface area contributed by atoms with Gasteiger partial charge in [0, 0.05) is 32.4 Å². The van der Waals surface area contributed by atoms with Gasteiger partial charge in [-0.2, -0.15) is 11.8 Å². The van der Waals surface area contributed by atoms with Gasteiger partial charge in [0.1, 0.15) is 0 Å². The Balaban J connectivity index is 2.65. The lowest BCUT2D eigenvalue weighted by Crippen LogP contribution is -2.50. The van der Waals surface area contributed by atoms with Crippen molar-refractivity contribution >= 4 is 23.8 Å². The van der Waals surface area contributed by atoms with E-state index in [0.717, 1.165) is 31.7 Å². The second-order valence-corrected chi connectivity index (χ2v) is 6.99. The highest BCUT2D eigenvalue weighted by atomic mass is 32.2. The molecule has 116 valence electrons. The first-order chi connectivity index (χ1) is 9.30. The van der Waals surface area contributed by atoms with Crippen LogP contribution in [0, 0.1) is 11.3 Å². The molecule has 1 heterocycles. The summed E-state index contributed by atoms with van der Waals surface area (Å²) in [6, 6.07) is 0.0185. The molecule has 0 aromatic carbocycles. The molecule has 1 aliphatic rings. The second kappa shape index (κ2) is 7.20. The fourth-order valence-corrected chi connectivity index (χ4v) is 2.94. The molecule has 1 aliphatic heterocycles. The Morgan fingerprint density at radius 2 is 2.10 bits per heavy atom. The summed E-state index contributed by atoms with van der Waals surface area (Å²) in [4.78, 5) is 27.2. The highest BCUT2D eigenvalue weighted by Gasteiger charge is 2.40. The van der Waals surface area contributed by atoms with Gasteiger partial charge in [0.25, 0.3) is 0 Å². The maximum absolute atomic E-state index is 12.3. The van der Waals surface area contributed by atoms with E-state index < -0.39 is 11.4 Å². The van der Waals surface area contributed by atoms with Gasteiger partial charge in [-0.1, -0.05) is 0 Å². The third kappa shape index (κ3) is 4.04. The van der Waals surface area contributed by atoms with E-state index in [1.165, 1.54) is 0 Å². The van der Waals surface area contributed by atoms with Crippen LogP contribution in [-0.2, 0) is 4.79 Å². The Labute approximate surface area is 125 Å². The molecule has 0 bridgehead atoms. The summed E-state index contributed by atoms with van der Waals surface area (Å²) >= 11 is 1.71. The van der Waals surface area contributed by atoms with Crippen molar-refractivity contribution in [1.29, 1.82) is 0 Å². The summed E-state index contributed by atoms with van der Waals surface area (Å²) < 4.78 is 0. The van der Waals surface area contributed by atoms with Crippen LogP contribution in [0.3, 0.4) is 0 Å². The van der Waals surface area contributed by atoms with Gasteiger partial charge in [-0.05, 0) is 38.9 Å². The highest BCUT2D eigenvalue weighted by Crippen LogP contribution is 2.34. The van der Waals surface area contributed by atoms with Gasteiger partial charge in [-0.3, -0.25) is 4.79 Å². The number of aliphatic carboxylic acids is 1. The lowest BCUT2D eigenvalue weighted by Gasteiger charge is -2.40. The first-order valence-corrected chi connectivity index (χ1v) is 8.42. The molecule has 0 radical (unpaired) electrons. The number of carbonyl (C=O) groups is 2. The summed E-state index contributed by atoms with van der Waals surface area (Å²) in [5.74, 6) is 0.152. The highest BCUT2D eigenvalue weighted by molar-refractivity contribution is 7.98. The van der Waals surface area contributed by atoms with Crippen molar-refractivity contribution in [1.82, 2.24) is 9.80 Å². The molecule has 0 aliphatic carbocycles. The fourth-order valence-electron chi connectivity index (χ4n) is 2.48. The van der Waals surface area contributed by atoms with Crippen LogP contribution in [0.2, 0.25) is 0 Å². The van der Waals surface area contributed by atoms with Crippen LogP contribution in [-0.4, -0.2) is 65.6 Å². The molecule has 0 aromatic rings. The SMILES string of the molecule is CSCCN(C)C(=O)N1CCCC(C(C)(C)C(=O)O)C1. The zero-order valence-electron chi connectivity index (χ0n) is 12.9. The zero-order chi connectivity index (χ0) is 15.3. The van der Waals surface area contributed by atoms with E-state index in [4.69, 9.17) is 0 Å². The number of hydrogen-bond donors (Lipinski definition) is 1. The molecule has 5 nitrogen and oxygen atoms in total.